The van der Waals surface area contributed by atoms with Gasteiger partial charge in [-0.1, -0.05) is 12.1 Å². The number of aromatic amines is 1. The topological polar surface area (TPSA) is 80.4 Å². The summed E-state index contributed by atoms with van der Waals surface area (Å²) in [5.41, 5.74) is 3.00. The second-order valence-corrected chi connectivity index (χ2v) is 7.28. The predicted octanol–water partition coefficient (Wildman–Crippen LogP) is 4.12. The number of imide groups is 1. The van der Waals surface area contributed by atoms with Gasteiger partial charge < -0.3 is 14.5 Å². The minimum atomic E-state index is -0.355. The molecule has 142 valence electrons. The van der Waals surface area contributed by atoms with Crippen molar-refractivity contribution in [1.29, 1.82) is 0 Å². The van der Waals surface area contributed by atoms with E-state index in [0.29, 0.717) is 11.5 Å². The van der Waals surface area contributed by atoms with Crippen LogP contribution in [0.3, 0.4) is 0 Å². The Morgan fingerprint density at radius 1 is 1.04 bits per heavy atom. The molecule has 6 nitrogen and oxygen atoms in total. The number of thioether (sulfide) groups is 1. The van der Waals surface area contributed by atoms with Crippen LogP contribution < -0.4 is 14.8 Å². The highest BCUT2D eigenvalue weighted by molar-refractivity contribution is 8.18. The zero-order chi connectivity index (χ0) is 19.5. The summed E-state index contributed by atoms with van der Waals surface area (Å²) in [5, 5.41) is 3.01. The SMILES string of the molecule is COc1ccc2[nH]c(CCOc3ccc(C=C4SC(=O)NC4=O)cc3)cc2c1. The summed E-state index contributed by atoms with van der Waals surface area (Å²) < 4.78 is 11.1. The Morgan fingerprint density at radius 2 is 1.82 bits per heavy atom. The fourth-order valence-corrected chi connectivity index (χ4v) is 3.63. The van der Waals surface area contributed by atoms with Gasteiger partial charge in [-0.05, 0) is 59.8 Å². The van der Waals surface area contributed by atoms with Gasteiger partial charge >= 0.3 is 0 Å². The molecule has 1 aliphatic rings. The number of carbonyl (C=O) groups excluding carboxylic acids is 2. The second-order valence-electron chi connectivity index (χ2n) is 6.27. The van der Waals surface area contributed by atoms with E-state index in [4.69, 9.17) is 9.47 Å². The Hall–Kier alpha value is -3.19. The smallest absolute Gasteiger partial charge is 0.290 e. The molecule has 0 aliphatic carbocycles. The first-order chi connectivity index (χ1) is 13.6. The molecule has 0 unspecified atom stereocenters. The van der Waals surface area contributed by atoms with Crippen molar-refractivity contribution >= 4 is 39.9 Å². The molecule has 28 heavy (non-hydrogen) atoms. The van der Waals surface area contributed by atoms with E-state index in [9.17, 15) is 9.59 Å². The lowest BCUT2D eigenvalue weighted by atomic mass is 10.2. The van der Waals surface area contributed by atoms with Crippen LogP contribution in [-0.4, -0.2) is 29.8 Å². The van der Waals surface area contributed by atoms with Gasteiger partial charge in [0.15, 0.2) is 0 Å². The molecule has 0 spiro atoms. The molecule has 0 bridgehead atoms. The Bertz CT molecular complexity index is 1070. The number of methoxy groups -OCH3 is 1. The monoisotopic (exact) mass is 394 g/mol. The van der Waals surface area contributed by atoms with Crippen LogP contribution in [-0.2, 0) is 11.2 Å². The number of ether oxygens (including phenoxy) is 2. The Labute approximate surface area is 165 Å². The van der Waals surface area contributed by atoms with Crippen molar-refractivity contribution < 1.29 is 19.1 Å². The van der Waals surface area contributed by atoms with Gasteiger partial charge in [0.2, 0.25) is 0 Å². The zero-order valence-corrected chi connectivity index (χ0v) is 16.0. The normalized spacial score (nSPS) is 15.2. The molecule has 0 atom stereocenters. The van der Waals surface area contributed by atoms with E-state index in [0.717, 1.165) is 51.8 Å². The highest BCUT2D eigenvalue weighted by atomic mass is 32.2. The molecule has 1 aromatic heterocycles. The molecule has 0 saturated carbocycles. The van der Waals surface area contributed by atoms with Gasteiger partial charge in [-0.2, -0.15) is 0 Å². The van der Waals surface area contributed by atoms with Gasteiger partial charge in [-0.25, -0.2) is 0 Å². The lowest BCUT2D eigenvalue weighted by Gasteiger charge is -2.05. The van der Waals surface area contributed by atoms with Gasteiger partial charge in [0.05, 0.1) is 18.6 Å². The maximum atomic E-state index is 11.6. The number of amides is 2. The quantitative estimate of drug-likeness (QED) is 0.615. The van der Waals surface area contributed by atoms with Gasteiger partial charge in [-0.3, -0.25) is 14.9 Å². The van der Waals surface area contributed by atoms with Crippen molar-refractivity contribution in [3.8, 4) is 11.5 Å². The molecular formula is C21H18N2O4S. The molecule has 2 N–H and O–H groups in total. The average molecular weight is 394 g/mol. The summed E-state index contributed by atoms with van der Waals surface area (Å²) in [6.07, 6.45) is 2.44. The molecule has 7 heteroatoms. The van der Waals surface area contributed by atoms with Crippen LogP contribution in [0.5, 0.6) is 11.5 Å². The fourth-order valence-electron chi connectivity index (χ4n) is 2.94. The maximum absolute atomic E-state index is 11.6. The Morgan fingerprint density at radius 3 is 2.54 bits per heavy atom. The third kappa shape index (κ3) is 4.04. The number of carbonyl (C=O) groups is 2. The lowest BCUT2D eigenvalue weighted by Crippen LogP contribution is -2.17. The van der Waals surface area contributed by atoms with Crippen LogP contribution in [0.1, 0.15) is 11.3 Å². The van der Waals surface area contributed by atoms with E-state index in [-0.39, 0.29) is 11.1 Å². The van der Waals surface area contributed by atoms with Crippen molar-refractivity contribution in [3.05, 3.63) is 64.7 Å². The molecule has 1 aliphatic heterocycles. The summed E-state index contributed by atoms with van der Waals surface area (Å²) in [5.74, 6) is 1.23. The zero-order valence-electron chi connectivity index (χ0n) is 15.2. The summed E-state index contributed by atoms with van der Waals surface area (Å²) in [7, 11) is 1.66. The van der Waals surface area contributed by atoms with E-state index in [1.165, 1.54) is 0 Å². The fraction of sp³-hybridized carbons (Fsp3) is 0.143. The standard InChI is InChI=1S/C21H18N2O4S/c1-26-17-6-7-18-14(12-17)11-15(22-18)8-9-27-16-4-2-13(3-5-16)10-19-20(24)23-21(25)28-19/h2-7,10-12,22H,8-9H2,1H3,(H,23,24,25). The summed E-state index contributed by atoms with van der Waals surface area (Å²) in [4.78, 5) is 26.5. The molecule has 1 saturated heterocycles. The minimum absolute atomic E-state index is 0.341. The number of aromatic nitrogens is 1. The predicted molar refractivity (Wildman–Crippen MR) is 110 cm³/mol. The van der Waals surface area contributed by atoms with Crippen LogP contribution in [0.15, 0.2) is 53.4 Å². The van der Waals surface area contributed by atoms with Gasteiger partial charge in [-0.15, -0.1) is 0 Å². The van der Waals surface area contributed by atoms with Crippen molar-refractivity contribution in [2.24, 2.45) is 0 Å². The lowest BCUT2D eigenvalue weighted by molar-refractivity contribution is -0.115. The van der Waals surface area contributed by atoms with Crippen molar-refractivity contribution in [2.45, 2.75) is 6.42 Å². The first kappa shape index (κ1) is 18.2. The largest absolute Gasteiger partial charge is 0.497 e. The van der Waals surface area contributed by atoms with Crippen LogP contribution in [0.4, 0.5) is 4.79 Å². The number of benzene rings is 2. The molecule has 0 radical (unpaired) electrons. The number of fused-ring (bicyclic) bond motifs is 1. The maximum Gasteiger partial charge on any atom is 0.290 e. The van der Waals surface area contributed by atoms with Crippen LogP contribution >= 0.6 is 11.8 Å². The number of H-pyrrole nitrogens is 1. The number of nitrogens with one attached hydrogen (secondary N) is 2. The van der Waals surface area contributed by atoms with E-state index >= 15 is 0 Å². The summed E-state index contributed by atoms with van der Waals surface area (Å²) in [6, 6.07) is 15.4. The first-order valence-electron chi connectivity index (χ1n) is 8.74. The van der Waals surface area contributed by atoms with Crippen LogP contribution in [0.25, 0.3) is 17.0 Å². The molecule has 2 heterocycles. The molecule has 2 amide bonds. The summed E-state index contributed by atoms with van der Waals surface area (Å²) in [6.45, 7) is 0.539. The number of hydrogen-bond donors (Lipinski definition) is 2. The number of rotatable bonds is 6. The molecular weight excluding hydrogens is 376 g/mol. The van der Waals surface area contributed by atoms with Gasteiger partial charge in [0, 0.05) is 23.0 Å². The van der Waals surface area contributed by atoms with E-state index in [1.807, 2.05) is 42.5 Å². The van der Waals surface area contributed by atoms with E-state index < -0.39 is 0 Å². The molecule has 3 aromatic rings. The first-order valence-corrected chi connectivity index (χ1v) is 9.56. The van der Waals surface area contributed by atoms with E-state index in [1.54, 1.807) is 13.2 Å². The van der Waals surface area contributed by atoms with E-state index in [2.05, 4.69) is 16.4 Å². The van der Waals surface area contributed by atoms with Crippen molar-refractivity contribution in [3.63, 3.8) is 0 Å². The molecule has 1 fully saturated rings. The minimum Gasteiger partial charge on any atom is -0.497 e. The highest BCUT2D eigenvalue weighted by Crippen LogP contribution is 2.26. The third-order valence-corrected chi connectivity index (χ3v) is 5.15. The van der Waals surface area contributed by atoms with Gasteiger partial charge in [0.25, 0.3) is 11.1 Å². The average Bonchev–Trinajstić information content (AvgIpc) is 3.24. The molecule has 4 rings (SSSR count). The van der Waals surface area contributed by atoms with Gasteiger partial charge in [0.1, 0.15) is 11.5 Å². The third-order valence-electron chi connectivity index (χ3n) is 4.34. The van der Waals surface area contributed by atoms with Crippen molar-refractivity contribution in [2.75, 3.05) is 13.7 Å². The van der Waals surface area contributed by atoms with Crippen LogP contribution in [0, 0.1) is 0 Å². The Balaban J connectivity index is 1.34. The van der Waals surface area contributed by atoms with Crippen LogP contribution in [0.2, 0.25) is 0 Å². The second kappa shape index (κ2) is 7.82. The number of hydrogen-bond acceptors (Lipinski definition) is 5. The molecule has 2 aromatic carbocycles. The summed E-state index contributed by atoms with van der Waals surface area (Å²) >= 11 is 0.907. The Kier molecular flexibility index (Phi) is 5.08. The van der Waals surface area contributed by atoms with Crippen molar-refractivity contribution in [1.82, 2.24) is 10.3 Å². The highest BCUT2D eigenvalue weighted by Gasteiger charge is 2.24.